The number of ether oxygens (including phenoxy) is 2. The second-order valence-electron chi connectivity index (χ2n) is 6.51. The minimum atomic E-state index is -0.782. The second-order valence-corrected chi connectivity index (χ2v) is 9.50. The summed E-state index contributed by atoms with van der Waals surface area (Å²) in [5.74, 6) is 3.90. The first-order valence-corrected chi connectivity index (χ1v) is 12.1. The summed E-state index contributed by atoms with van der Waals surface area (Å²) in [6.45, 7) is 1.29. The van der Waals surface area contributed by atoms with Gasteiger partial charge in [-0.15, -0.1) is 0 Å². The Kier molecular flexibility index (Phi) is 6.55. The molecule has 0 aliphatic carbocycles. The predicted octanol–water partition coefficient (Wildman–Crippen LogP) is 2.95. The van der Waals surface area contributed by atoms with Crippen molar-refractivity contribution in [2.24, 2.45) is 0 Å². The molecule has 1 saturated heterocycles. The Bertz CT molecular complexity index is 1090. The summed E-state index contributed by atoms with van der Waals surface area (Å²) in [6.07, 6.45) is 1.52. The minimum Gasteiger partial charge on any atom is -0.493 e. The van der Waals surface area contributed by atoms with Gasteiger partial charge in [-0.2, -0.15) is 4.98 Å². The maximum atomic E-state index is 11.7. The number of anilines is 1. The van der Waals surface area contributed by atoms with Crippen molar-refractivity contribution < 1.29 is 13.7 Å². The molecule has 0 unspecified atom stereocenters. The van der Waals surface area contributed by atoms with Crippen LogP contribution < -0.4 is 14.4 Å². The first-order valence-electron chi connectivity index (χ1n) is 9.21. The van der Waals surface area contributed by atoms with E-state index in [9.17, 15) is 4.21 Å². The summed E-state index contributed by atoms with van der Waals surface area (Å²) < 4.78 is 22.4. The fourth-order valence-electron chi connectivity index (χ4n) is 3.18. The Morgan fingerprint density at radius 3 is 2.60 bits per heavy atom. The highest BCUT2D eigenvalue weighted by molar-refractivity contribution is 7.98. The summed E-state index contributed by atoms with van der Waals surface area (Å²) in [6, 6.07) is 5.81. The molecule has 2 aromatic heterocycles. The molecule has 1 aliphatic heterocycles. The average molecular weight is 466 g/mol. The number of benzene rings is 1. The second kappa shape index (κ2) is 9.32. The predicted molar refractivity (Wildman–Crippen MR) is 119 cm³/mol. The van der Waals surface area contributed by atoms with Crippen LogP contribution in [0.3, 0.4) is 0 Å². The van der Waals surface area contributed by atoms with Crippen LogP contribution in [-0.2, 0) is 16.6 Å². The Labute approximate surface area is 185 Å². The maximum Gasteiger partial charge on any atom is 0.225 e. The summed E-state index contributed by atoms with van der Waals surface area (Å²) in [7, 11) is 2.44. The zero-order valence-electron chi connectivity index (χ0n) is 16.5. The van der Waals surface area contributed by atoms with Gasteiger partial charge < -0.3 is 14.4 Å². The highest BCUT2D eigenvalue weighted by atomic mass is 35.5. The lowest BCUT2D eigenvalue weighted by molar-refractivity contribution is 0.354. The number of halogens is 1. The first-order chi connectivity index (χ1) is 14.6. The van der Waals surface area contributed by atoms with Crippen LogP contribution in [0, 0.1) is 0 Å². The summed E-state index contributed by atoms with van der Waals surface area (Å²) in [4.78, 5) is 19.7. The lowest BCUT2D eigenvalue weighted by Gasteiger charge is -2.27. The molecule has 0 saturated carbocycles. The number of methoxy groups -OCH3 is 2. The fourth-order valence-corrected chi connectivity index (χ4v) is 5.28. The smallest absolute Gasteiger partial charge is 0.225 e. The number of hydrogen-bond acceptors (Lipinski definition) is 9. The highest BCUT2D eigenvalue weighted by Crippen LogP contribution is 2.33. The monoisotopic (exact) mass is 465 g/mol. The molecule has 158 valence electrons. The molecule has 0 spiro atoms. The van der Waals surface area contributed by atoms with E-state index in [0.717, 1.165) is 10.6 Å². The maximum absolute atomic E-state index is 11.7. The molecule has 0 amide bonds. The topological polar surface area (TPSA) is 90.3 Å². The number of fused-ring (bicyclic) bond motifs is 1. The van der Waals surface area contributed by atoms with Gasteiger partial charge in [-0.3, -0.25) is 4.21 Å². The molecule has 0 N–H and O–H groups in total. The van der Waals surface area contributed by atoms with E-state index < -0.39 is 10.8 Å². The van der Waals surface area contributed by atoms with Crippen LogP contribution in [0.15, 0.2) is 29.6 Å². The van der Waals surface area contributed by atoms with Crippen LogP contribution in [-0.4, -0.2) is 63.0 Å². The third-order valence-electron chi connectivity index (χ3n) is 4.70. The summed E-state index contributed by atoms with van der Waals surface area (Å²) >= 11 is 7.77. The molecular formula is C19H20ClN5O3S2. The van der Waals surface area contributed by atoms with E-state index >= 15 is 0 Å². The molecule has 4 rings (SSSR count). The lowest BCUT2D eigenvalue weighted by Crippen LogP contribution is -2.38. The Morgan fingerprint density at radius 1 is 1.10 bits per heavy atom. The molecule has 0 radical (unpaired) electrons. The van der Waals surface area contributed by atoms with E-state index in [1.807, 2.05) is 18.2 Å². The molecule has 3 aromatic rings. The highest BCUT2D eigenvalue weighted by Gasteiger charge is 2.22. The van der Waals surface area contributed by atoms with Gasteiger partial charge in [0.15, 0.2) is 17.3 Å². The minimum absolute atomic E-state index is 0.145. The van der Waals surface area contributed by atoms with Gasteiger partial charge >= 0.3 is 0 Å². The zero-order valence-corrected chi connectivity index (χ0v) is 18.9. The summed E-state index contributed by atoms with van der Waals surface area (Å²) in [5, 5.41) is 0.868. The molecule has 3 heterocycles. The van der Waals surface area contributed by atoms with Crippen LogP contribution in [0.2, 0.25) is 5.28 Å². The number of nitrogens with zero attached hydrogens (tertiary/aromatic N) is 5. The van der Waals surface area contributed by atoms with Gasteiger partial charge in [0, 0.05) is 41.1 Å². The molecule has 0 atom stereocenters. The van der Waals surface area contributed by atoms with Gasteiger partial charge in [-0.25, -0.2) is 15.0 Å². The third kappa shape index (κ3) is 4.45. The molecule has 0 bridgehead atoms. The molecule has 8 nitrogen and oxygen atoms in total. The van der Waals surface area contributed by atoms with Crippen molar-refractivity contribution >= 4 is 51.0 Å². The van der Waals surface area contributed by atoms with E-state index in [-0.39, 0.29) is 5.28 Å². The number of hydrogen-bond donors (Lipinski definition) is 0. The zero-order chi connectivity index (χ0) is 21.1. The van der Waals surface area contributed by atoms with Crippen LogP contribution >= 0.6 is 23.4 Å². The SMILES string of the molecule is COc1ccc(CSc2ncnc3c(N4CCS(=O)CC4)nc(Cl)nc23)cc1OC. The number of rotatable bonds is 6. The van der Waals surface area contributed by atoms with Crippen LogP contribution in [0.25, 0.3) is 11.0 Å². The van der Waals surface area contributed by atoms with Crippen molar-refractivity contribution in [1.29, 1.82) is 0 Å². The molecule has 1 aromatic carbocycles. The standard InChI is InChI=1S/C19H20ClN5O3S2/c1-27-13-4-3-12(9-14(13)28-2)10-29-18-16-15(21-11-22-18)17(24-19(20)23-16)25-5-7-30(26)8-6-25/h3-4,9,11H,5-8,10H2,1-2H3. The van der Waals surface area contributed by atoms with Gasteiger partial charge in [0.05, 0.1) is 14.2 Å². The molecule has 1 aliphatic rings. The van der Waals surface area contributed by atoms with Gasteiger partial charge in [0.1, 0.15) is 22.4 Å². The quantitative estimate of drug-likeness (QED) is 0.309. The van der Waals surface area contributed by atoms with Gasteiger partial charge in [0.2, 0.25) is 5.28 Å². The first kappa shape index (κ1) is 21.1. The lowest BCUT2D eigenvalue weighted by atomic mass is 10.2. The third-order valence-corrected chi connectivity index (χ3v) is 7.20. The Morgan fingerprint density at radius 2 is 1.87 bits per heavy atom. The van der Waals surface area contributed by atoms with Gasteiger partial charge in [-0.05, 0) is 29.3 Å². The van der Waals surface area contributed by atoms with E-state index in [1.165, 1.54) is 18.1 Å². The van der Waals surface area contributed by atoms with E-state index in [2.05, 4.69) is 24.8 Å². The normalized spacial score (nSPS) is 14.8. The molecule has 11 heteroatoms. The number of thioether (sulfide) groups is 1. The summed E-state index contributed by atoms with van der Waals surface area (Å²) in [5.41, 5.74) is 2.32. The van der Waals surface area contributed by atoms with Gasteiger partial charge in [-0.1, -0.05) is 17.8 Å². The fraction of sp³-hybridized carbons (Fsp3) is 0.368. The Balaban J connectivity index is 1.63. The Hall–Kier alpha value is -2.17. The molecule has 1 fully saturated rings. The molecule has 30 heavy (non-hydrogen) atoms. The average Bonchev–Trinajstić information content (AvgIpc) is 2.77. The van der Waals surface area contributed by atoms with Crippen molar-refractivity contribution in [3.63, 3.8) is 0 Å². The largest absolute Gasteiger partial charge is 0.493 e. The number of aromatic nitrogens is 4. The van der Waals surface area contributed by atoms with Crippen LogP contribution in [0.4, 0.5) is 5.82 Å². The van der Waals surface area contributed by atoms with Crippen molar-refractivity contribution in [3.8, 4) is 11.5 Å². The van der Waals surface area contributed by atoms with Gasteiger partial charge in [0.25, 0.3) is 0 Å². The van der Waals surface area contributed by atoms with Crippen LogP contribution in [0.1, 0.15) is 5.56 Å². The van der Waals surface area contributed by atoms with Crippen molar-refractivity contribution in [2.45, 2.75) is 10.8 Å². The van der Waals surface area contributed by atoms with E-state index in [0.29, 0.717) is 58.7 Å². The van der Waals surface area contributed by atoms with Crippen molar-refractivity contribution in [1.82, 2.24) is 19.9 Å². The van der Waals surface area contributed by atoms with Crippen molar-refractivity contribution in [3.05, 3.63) is 35.4 Å². The van der Waals surface area contributed by atoms with E-state index in [1.54, 1.807) is 14.2 Å². The van der Waals surface area contributed by atoms with E-state index in [4.69, 9.17) is 21.1 Å². The molecular weight excluding hydrogens is 446 g/mol. The van der Waals surface area contributed by atoms with Crippen LogP contribution in [0.5, 0.6) is 11.5 Å². The van der Waals surface area contributed by atoms with Crippen molar-refractivity contribution in [2.75, 3.05) is 43.7 Å².